The number of amides is 1. The molecule has 1 amide bonds. The third-order valence-electron chi connectivity index (χ3n) is 3.74. The maximum absolute atomic E-state index is 11.6. The normalized spacial score (nSPS) is 29.4. The third-order valence-corrected chi connectivity index (χ3v) is 3.74. The minimum atomic E-state index is -2.23. The fourth-order valence-electron chi connectivity index (χ4n) is 2.92. The van der Waals surface area contributed by atoms with E-state index >= 15 is 0 Å². The third kappa shape index (κ3) is 5.64. The first-order valence-corrected chi connectivity index (χ1v) is 8.03. The molecule has 0 unspecified atom stereocenters. The Balaban J connectivity index is 3.48. The molecule has 152 valence electrons. The maximum Gasteiger partial charge on any atom is 0.303 e. The predicted octanol–water partition coefficient (Wildman–Crippen LogP) is -1.41. The van der Waals surface area contributed by atoms with Gasteiger partial charge in [0.25, 0.3) is 0 Å². The number of hydrogen-bond acceptors (Lipinski definition) is 10. The van der Waals surface area contributed by atoms with Crippen LogP contribution in [0.15, 0.2) is 0 Å². The quantitative estimate of drug-likeness (QED) is 0.409. The Morgan fingerprint density at radius 2 is 1.30 bits per heavy atom. The van der Waals surface area contributed by atoms with Gasteiger partial charge in [-0.2, -0.15) is 0 Å². The van der Waals surface area contributed by atoms with Crippen LogP contribution in [0.1, 0.15) is 34.6 Å². The van der Waals surface area contributed by atoms with Crippen molar-refractivity contribution in [3.05, 3.63) is 0 Å². The lowest BCUT2D eigenvalue weighted by Crippen LogP contribution is -2.60. The molecule has 0 aliphatic heterocycles. The highest BCUT2D eigenvalue weighted by Gasteiger charge is 2.66. The van der Waals surface area contributed by atoms with E-state index in [0.717, 1.165) is 34.6 Å². The Labute approximate surface area is 155 Å². The lowest BCUT2D eigenvalue weighted by Gasteiger charge is -2.34. The van der Waals surface area contributed by atoms with Crippen molar-refractivity contribution in [3.63, 3.8) is 0 Å². The van der Waals surface area contributed by atoms with Gasteiger partial charge in [0.2, 0.25) is 5.91 Å². The summed E-state index contributed by atoms with van der Waals surface area (Å²) in [6.45, 7) is 4.67. The smallest absolute Gasteiger partial charge is 0.303 e. The van der Waals surface area contributed by atoms with Crippen molar-refractivity contribution in [1.29, 1.82) is 0 Å². The molecule has 1 saturated carbocycles. The molecule has 0 saturated heterocycles. The van der Waals surface area contributed by atoms with E-state index in [1.807, 2.05) is 0 Å². The Bertz CT molecular complexity index is 589. The van der Waals surface area contributed by atoms with E-state index in [1.54, 1.807) is 0 Å². The van der Waals surface area contributed by atoms with Gasteiger partial charge in [0.1, 0.15) is 12.6 Å². The van der Waals surface area contributed by atoms with E-state index < -0.39 is 66.3 Å². The molecular weight excluding hydrogens is 366 g/mol. The van der Waals surface area contributed by atoms with Crippen LogP contribution < -0.4 is 5.32 Å². The highest BCUT2D eigenvalue weighted by molar-refractivity contribution is 5.74. The number of aliphatic hydroxyl groups is 1. The van der Waals surface area contributed by atoms with Gasteiger partial charge in [-0.3, -0.25) is 24.0 Å². The van der Waals surface area contributed by atoms with Crippen LogP contribution in [0.2, 0.25) is 0 Å². The largest absolute Gasteiger partial charge is 0.463 e. The molecule has 2 N–H and O–H groups in total. The summed E-state index contributed by atoms with van der Waals surface area (Å²) in [7, 11) is 0. The maximum atomic E-state index is 11.6. The van der Waals surface area contributed by atoms with E-state index in [9.17, 15) is 29.1 Å². The van der Waals surface area contributed by atoms with E-state index in [0.29, 0.717) is 0 Å². The van der Waals surface area contributed by atoms with Gasteiger partial charge < -0.3 is 29.4 Å². The van der Waals surface area contributed by atoms with Crippen LogP contribution in [-0.4, -0.2) is 71.5 Å². The molecule has 0 aromatic rings. The van der Waals surface area contributed by atoms with Crippen LogP contribution in [0.25, 0.3) is 0 Å². The SMILES string of the molecule is CC(=O)N[C@@H]1[C@@H](OC(C)=O)[C@@H](OC(C)=O)[C@@H](OC(C)=O)[C@]1(O)COC(C)=O. The van der Waals surface area contributed by atoms with Gasteiger partial charge in [-0.05, 0) is 0 Å². The fraction of sp³-hybridized carbons (Fsp3) is 0.688. The Kier molecular flexibility index (Phi) is 7.28. The van der Waals surface area contributed by atoms with Gasteiger partial charge >= 0.3 is 23.9 Å². The Morgan fingerprint density at radius 1 is 0.815 bits per heavy atom. The first-order valence-electron chi connectivity index (χ1n) is 8.03. The zero-order valence-electron chi connectivity index (χ0n) is 15.6. The summed E-state index contributed by atoms with van der Waals surface area (Å²) in [5, 5.41) is 13.6. The Hall–Kier alpha value is -2.69. The molecule has 0 radical (unpaired) electrons. The zero-order chi connectivity index (χ0) is 20.9. The molecule has 11 nitrogen and oxygen atoms in total. The number of carbonyl (C=O) groups excluding carboxylic acids is 5. The number of rotatable bonds is 6. The number of hydrogen-bond donors (Lipinski definition) is 2. The van der Waals surface area contributed by atoms with Crippen LogP contribution >= 0.6 is 0 Å². The molecule has 11 heteroatoms. The molecule has 1 aliphatic rings. The van der Waals surface area contributed by atoms with Gasteiger partial charge in [0.15, 0.2) is 23.9 Å². The van der Waals surface area contributed by atoms with Crippen molar-refractivity contribution in [2.45, 2.75) is 64.6 Å². The summed E-state index contributed by atoms with van der Waals surface area (Å²) >= 11 is 0. The second kappa shape index (κ2) is 8.80. The van der Waals surface area contributed by atoms with Crippen LogP contribution in [0.5, 0.6) is 0 Å². The number of carbonyl (C=O) groups is 5. The highest BCUT2D eigenvalue weighted by Crippen LogP contribution is 2.38. The molecular formula is C16H23NO10. The first kappa shape index (κ1) is 22.4. The van der Waals surface area contributed by atoms with Crippen LogP contribution in [-0.2, 0) is 42.9 Å². The predicted molar refractivity (Wildman–Crippen MR) is 85.8 cm³/mol. The molecule has 0 spiro atoms. The molecule has 1 aliphatic carbocycles. The molecule has 0 aromatic carbocycles. The molecule has 1 fully saturated rings. The highest BCUT2D eigenvalue weighted by atomic mass is 16.6. The van der Waals surface area contributed by atoms with Crippen molar-refractivity contribution in [1.82, 2.24) is 5.32 Å². The summed E-state index contributed by atoms with van der Waals surface area (Å²) in [5.41, 5.74) is -2.23. The number of ether oxygens (including phenoxy) is 4. The molecule has 5 atom stereocenters. The van der Waals surface area contributed by atoms with E-state index in [1.165, 1.54) is 0 Å². The van der Waals surface area contributed by atoms with Gasteiger partial charge in [-0.25, -0.2) is 0 Å². The molecule has 1 rings (SSSR count). The van der Waals surface area contributed by atoms with Gasteiger partial charge in [0.05, 0.1) is 0 Å². The van der Waals surface area contributed by atoms with Crippen molar-refractivity contribution < 1.29 is 48.0 Å². The molecule has 0 heterocycles. The van der Waals surface area contributed by atoms with E-state index in [2.05, 4.69) is 5.32 Å². The van der Waals surface area contributed by atoms with Gasteiger partial charge in [0, 0.05) is 34.6 Å². The number of esters is 4. The molecule has 0 aromatic heterocycles. The second-order valence-electron chi connectivity index (χ2n) is 6.13. The summed E-state index contributed by atoms with van der Waals surface area (Å²) in [6, 6.07) is -1.40. The van der Waals surface area contributed by atoms with Gasteiger partial charge in [-0.15, -0.1) is 0 Å². The van der Waals surface area contributed by atoms with Crippen molar-refractivity contribution in [2.24, 2.45) is 0 Å². The standard InChI is InChI=1S/C16H23NO10/c1-7(18)17-14-12(25-9(3)20)13(26-10(4)21)15(27-11(5)22)16(14,23)6-24-8(2)19/h12-15,23H,6H2,1-5H3,(H,17,18)/t12-,13+,14+,15+,16-/m0/s1. The summed E-state index contributed by atoms with van der Waals surface area (Å²) in [4.78, 5) is 57.4. The van der Waals surface area contributed by atoms with Crippen molar-refractivity contribution in [3.8, 4) is 0 Å². The van der Waals surface area contributed by atoms with Crippen LogP contribution in [0.3, 0.4) is 0 Å². The monoisotopic (exact) mass is 389 g/mol. The van der Waals surface area contributed by atoms with Crippen molar-refractivity contribution >= 4 is 29.8 Å². The fourth-order valence-corrected chi connectivity index (χ4v) is 2.92. The second-order valence-corrected chi connectivity index (χ2v) is 6.13. The topological polar surface area (TPSA) is 155 Å². The lowest BCUT2D eigenvalue weighted by molar-refractivity contribution is -0.189. The average Bonchev–Trinajstić information content (AvgIpc) is 2.67. The molecule has 0 bridgehead atoms. The zero-order valence-corrected chi connectivity index (χ0v) is 15.6. The minimum absolute atomic E-state index is 0.622. The lowest BCUT2D eigenvalue weighted by atomic mass is 9.95. The van der Waals surface area contributed by atoms with Gasteiger partial charge in [-0.1, -0.05) is 0 Å². The Morgan fingerprint density at radius 3 is 1.70 bits per heavy atom. The summed E-state index contributed by atoms with van der Waals surface area (Å²) in [6.07, 6.45) is -4.44. The summed E-state index contributed by atoms with van der Waals surface area (Å²) in [5.74, 6) is -3.84. The van der Waals surface area contributed by atoms with E-state index in [-0.39, 0.29) is 0 Å². The van der Waals surface area contributed by atoms with E-state index in [4.69, 9.17) is 18.9 Å². The van der Waals surface area contributed by atoms with Crippen LogP contribution in [0, 0.1) is 0 Å². The minimum Gasteiger partial charge on any atom is -0.463 e. The average molecular weight is 389 g/mol. The van der Waals surface area contributed by atoms with Crippen LogP contribution in [0.4, 0.5) is 0 Å². The number of nitrogens with one attached hydrogen (secondary N) is 1. The van der Waals surface area contributed by atoms with Crippen molar-refractivity contribution in [2.75, 3.05) is 6.61 Å². The summed E-state index contributed by atoms with van der Waals surface area (Å²) < 4.78 is 20.2. The molecule has 27 heavy (non-hydrogen) atoms. The first-order chi connectivity index (χ1) is 12.4.